The molecule has 0 atom stereocenters. The van der Waals surface area contributed by atoms with Gasteiger partial charge in [-0.25, -0.2) is 0 Å². The van der Waals surface area contributed by atoms with Crippen LogP contribution in [0.25, 0.3) is 0 Å². The normalized spacial score (nSPS) is 10.1. The number of nitrogens with one attached hydrogen (secondary N) is 1. The van der Waals surface area contributed by atoms with E-state index in [1.165, 1.54) is 0 Å². The average Bonchev–Trinajstić information content (AvgIpc) is 2.22. The van der Waals surface area contributed by atoms with Crippen molar-refractivity contribution in [2.75, 3.05) is 20.7 Å². The Morgan fingerprint density at radius 3 is 2.73 bits per heavy atom. The van der Waals surface area contributed by atoms with E-state index < -0.39 is 0 Å². The maximum Gasteiger partial charge on any atom is 0.176 e. The summed E-state index contributed by atoms with van der Waals surface area (Å²) in [6, 6.07) is 3.60. The summed E-state index contributed by atoms with van der Waals surface area (Å²) in [5.41, 5.74) is 1.66. The molecule has 0 amide bonds. The summed E-state index contributed by atoms with van der Waals surface area (Å²) in [5, 5.41) is 2.84. The van der Waals surface area contributed by atoms with Crippen LogP contribution in [0.3, 0.4) is 0 Å². The second kappa shape index (κ2) is 5.28. The highest BCUT2D eigenvalue weighted by molar-refractivity contribution is 9.10. The van der Waals surface area contributed by atoms with E-state index in [4.69, 9.17) is 4.74 Å². The minimum Gasteiger partial charge on any atom is -0.496 e. The minimum atomic E-state index is 0.0615. The van der Waals surface area contributed by atoms with Crippen LogP contribution < -0.4 is 10.1 Å². The third kappa shape index (κ3) is 2.79. The zero-order valence-corrected chi connectivity index (χ0v) is 10.6. The Morgan fingerprint density at radius 1 is 1.53 bits per heavy atom. The molecule has 1 N–H and O–H groups in total. The molecule has 0 unspecified atom stereocenters. The van der Waals surface area contributed by atoms with Crippen LogP contribution in [0.1, 0.15) is 15.9 Å². The third-order valence-corrected chi connectivity index (χ3v) is 3.12. The fraction of sp³-hybridized carbons (Fsp3) is 0.364. The Balaban J connectivity index is 3.10. The summed E-state index contributed by atoms with van der Waals surface area (Å²) in [4.78, 5) is 11.6. The van der Waals surface area contributed by atoms with Crippen LogP contribution in [-0.2, 0) is 0 Å². The molecule has 0 saturated carbocycles. The molecule has 0 saturated heterocycles. The Bertz CT molecular complexity index is 377. The summed E-state index contributed by atoms with van der Waals surface area (Å²) >= 11 is 3.41. The van der Waals surface area contributed by atoms with Gasteiger partial charge in [0.25, 0.3) is 0 Å². The van der Waals surface area contributed by atoms with Crippen LogP contribution >= 0.6 is 15.9 Å². The van der Waals surface area contributed by atoms with Crippen molar-refractivity contribution in [1.29, 1.82) is 0 Å². The molecule has 15 heavy (non-hydrogen) atoms. The van der Waals surface area contributed by atoms with Crippen molar-refractivity contribution in [3.63, 3.8) is 0 Å². The number of aryl methyl sites for hydroxylation is 1. The van der Waals surface area contributed by atoms with Gasteiger partial charge in [0, 0.05) is 5.56 Å². The molecule has 0 aliphatic rings. The Hall–Kier alpha value is -0.870. The number of methoxy groups -OCH3 is 1. The van der Waals surface area contributed by atoms with Crippen LogP contribution in [0, 0.1) is 6.92 Å². The van der Waals surface area contributed by atoms with E-state index in [9.17, 15) is 4.79 Å². The molecule has 0 radical (unpaired) electrons. The van der Waals surface area contributed by atoms with Crippen molar-refractivity contribution in [1.82, 2.24) is 5.32 Å². The zero-order valence-electron chi connectivity index (χ0n) is 9.06. The number of halogens is 1. The second-order valence-corrected chi connectivity index (χ2v) is 4.06. The minimum absolute atomic E-state index is 0.0615. The number of benzene rings is 1. The third-order valence-electron chi connectivity index (χ3n) is 2.10. The van der Waals surface area contributed by atoms with Crippen molar-refractivity contribution in [3.8, 4) is 5.75 Å². The molecule has 0 fully saturated rings. The molecule has 1 aromatic carbocycles. The molecular weight excluding hydrogens is 258 g/mol. The fourth-order valence-electron chi connectivity index (χ4n) is 1.31. The molecule has 0 spiro atoms. The van der Waals surface area contributed by atoms with Gasteiger partial charge in [0.15, 0.2) is 5.78 Å². The molecule has 1 rings (SSSR count). The summed E-state index contributed by atoms with van der Waals surface area (Å²) in [6.07, 6.45) is 0. The number of carbonyl (C=O) groups excluding carboxylic acids is 1. The number of carbonyl (C=O) groups is 1. The monoisotopic (exact) mass is 271 g/mol. The van der Waals surface area contributed by atoms with Crippen molar-refractivity contribution >= 4 is 21.7 Å². The lowest BCUT2D eigenvalue weighted by molar-refractivity contribution is 0.0993. The van der Waals surface area contributed by atoms with Crippen molar-refractivity contribution in [2.45, 2.75) is 6.92 Å². The Kier molecular flexibility index (Phi) is 4.29. The van der Waals surface area contributed by atoms with Gasteiger partial charge in [-0.3, -0.25) is 4.79 Å². The highest BCUT2D eigenvalue weighted by Crippen LogP contribution is 2.29. The van der Waals surface area contributed by atoms with E-state index >= 15 is 0 Å². The summed E-state index contributed by atoms with van der Waals surface area (Å²) < 4.78 is 6.07. The first-order valence-corrected chi connectivity index (χ1v) is 5.41. The van der Waals surface area contributed by atoms with Crippen molar-refractivity contribution in [3.05, 3.63) is 27.7 Å². The van der Waals surface area contributed by atoms with Gasteiger partial charge in [-0.2, -0.15) is 0 Å². The number of ether oxygens (including phenoxy) is 1. The van der Waals surface area contributed by atoms with Crippen LogP contribution in [0.5, 0.6) is 5.75 Å². The lowest BCUT2D eigenvalue weighted by atomic mass is 10.1. The molecule has 0 bridgehead atoms. The van der Waals surface area contributed by atoms with E-state index in [2.05, 4.69) is 21.2 Å². The molecule has 4 heteroatoms. The highest BCUT2D eigenvalue weighted by Gasteiger charge is 2.10. The average molecular weight is 272 g/mol. The lowest BCUT2D eigenvalue weighted by Gasteiger charge is -2.09. The number of Topliss-reactive ketones (excluding diaryl/α,β-unsaturated/α-hetero) is 1. The van der Waals surface area contributed by atoms with Crippen LogP contribution in [0.2, 0.25) is 0 Å². The van der Waals surface area contributed by atoms with E-state index in [1.54, 1.807) is 20.2 Å². The smallest absolute Gasteiger partial charge is 0.176 e. The van der Waals surface area contributed by atoms with Gasteiger partial charge in [0.05, 0.1) is 18.1 Å². The summed E-state index contributed by atoms with van der Waals surface area (Å²) in [6.45, 7) is 2.27. The number of ketones is 1. The van der Waals surface area contributed by atoms with Gasteiger partial charge in [-0.05, 0) is 47.6 Å². The van der Waals surface area contributed by atoms with Gasteiger partial charge >= 0.3 is 0 Å². The van der Waals surface area contributed by atoms with Crippen LogP contribution in [0.15, 0.2) is 16.6 Å². The number of hydrogen-bond acceptors (Lipinski definition) is 3. The summed E-state index contributed by atoms with van der Waals surface area (Å²) in [5.74, 6) is 0.751. The highest BCUT2D eigenvalue weighted by atomic mass is 79.9. The van der Waals surface area contributed by atoms with Gasteiger partial charge in [-0.1, -0.05) is 0 Å². The van der Waals surface area contributed by atoms with Gasteiger partial charge in [0.1, 0.15) is 5.75 Å². The number of hydrogen-bond donors (Lipinski definition) is 1. The van der Waals surface area contributed by atoms with Crippen LogP contribution in [-0.4, -0.2) is 26.5 Å². The van der Waals surface area contributed by atoms with Crippen molar-refractivity contribution in [2.24, 2.45) is 0 Å². The quantitative estimate of drug-likeness (QED) is 0.854. The van der Waals surface area contributed by atoms with E-state index in [0.29, 0.717) is 17.9 Å². The predicted molar refractivity (Wildman–Crippen MR) is 63.7 cm³/mol. The van der Waals surface area contributed by atoms with E-state index in [-0.39, 0.29) is 5.78 Å². The number of likely N-dealkylation sites (N-methyl/N-ethyl adjacent to an activating group) is 1. The molecule has 0 aliphatic heterocycles. The first-order valence-electron chi connectivity index (χ1n) is 4.62. The zero-order chi connectivity index (χ0) is 11.4. The SMILES string of the molecule is CNCC(=O)c1cc(C)c(Br)c(OC)c1. The van der Waals surface area contributed by atoms with Gasteiger partial charge in [-0.15, -0.1) is 0 Å². The second-order valence-electron chi connectivity index (χ2n) is 3.26. The Morgan fingerprint density at radius 2 is 2.20 bits per heavy atom. The van der Waals surface area contributed by atoms with Crippen LogP contribution in [0.4, 0.5) is 0 Å². The molecule has 0 aromatic heterocycles. The first-order chi connectivity index (χ1) is 7.10. The van der Waals surface area contributed by atoms with E-state index in [1.807, 2.05) is 13.0 Å². The molecule has 3 nitrogen and oxygen atoms in total. The molecule has 0 aliphatic carbocycles. The topological polar surface area (TPSA) is 38.3 Å². The fourth-order valence-corrected chi connectivity index (χ4v) is 1.70. The Labute approximate surface area is 97.9 Å². The van der Waals surface area contributed by atoms with Gasteiger partial charge < -0.3 is 10.1 Å². The molecule has 82 valence electrons. The van der Waals surface area contributed by atoms with Crippen molar-refractivity contribution < 1.29 is 9.53 Å². The number of rotatable bonds is 4. The summed E-state index contributed by atoms with van der Waals surface area (Å²) in [7, 11) is 3.34. The van der Waals surface area contributed by atoms with E-state index in [0.717, 1.165) is 10.0 Å². The maximum atomic E-state index is 11.6. The molecule has 0 heterocycles. The maximum absolute atomic E-state index is 11.6. The lowest BCUT2D eigenvalue weighted by Crippen LogP contribution is -2.18. The standard InChI is InChI=1S/C11H14BrNO2/c1-7-4-8(9(14)6-13-2)5-10(15-3)11(7)12/h4-5,13H,6H2,1-3H3. The molecule has 1 aromatic rings. The predicted octanol–water partition coefficient (Wildman–Crippen LogP) is 2.17. The largest absolute Gasteiger partial charge is 0.496 e. The first kappa shape index (κ1) is 12.2. The molecular formula is C11H14BrNO2. The van der Waals surface area contributed by atoms with Gasteiger partial charge in [0.2, 0.25) is 0 Å².